The van der Waals surface area contributed by atoms with Crippen molar-refractivity contribution in [3.05, 3.63) is 15.2 Å². The molecule has 1 atom stereocenters. The summed E-state index contributed by atoms with van der Waals surface area (Å²) in [6.45, 7) is 3.32. The molecular formula is C12H15BrN2O2S. The number of rotatable bonds is 2. The van der Waals surface area contributed by atoms with Crippen molar-refractivity contribution in [3.8, 4) is 5.75 Å². The Morgan fingerprint density at radius 1 is 1.50 bits per heavy atom. The average Bonchev–Trinajstić information content (AvgIpc) is 2.76. The minimum atomic E-state index is -0.334. The van der Waals surface area contributed by atoms with Gasteiger partial charge < -0.3 is 15.0 Å². The summed E-state index contributed by atoms with van der Waals surface area (Å²) in [4.78, 5) is 14.2. The highest BCUT2D eigenvalue weighted by molar-refractivity contribution is 9.11. The van der Waals surface area contributed by atoms with E-state index in [-0.39, 0.29) is 12.1 Å². The Balaban J connectivity index is 1.55. The molecular weight excluding hydrogens is 316 g/mol. The first-order valence-electron chi connectivity index (χ1n) is 6.15. The molecule has 98 valence electrons. The second-order valence-corrected chi connectivity index (χ2v) is 7.16. The van der Waals surface area contributed by atoms with E-state index in [1.54, 1.807) is 6.07 Å². The van der Waals surface area contributed by atoms with Gasteiger partial charge in [-0.3, -0.25) is 0 Å². The fraction of sp³-hybridized carbons (Fsp3) is 0.583. The second-order valence-electron chi connectivity index (χ2n) is 4.86. The van der Waals surface area contributed by atoms with E-state index in [4.69, 9.17) is 4.74 Å². The number of carbonyl (C=O) groups excluding carboxylic acids is 1. The molecule has 0 spiro atoms. The average molecular weight is 331 g/mol. The predicted octanol–water partition coefficient (Wildman–Crippen LogP) is 2.69. The van der Waals surface area contributed by atoms with E-state index >= 15 is 0 Å². The highest BCUT2D eigenvalue weighted by Gasteiger charge is 2.35. The third kappa shape index (κ3) is 2.70. The largest absolute Gasteiger partial charge is 0.412 e. The lowest BCUT2D eigenvalue weighted by Gasteiger charge is -2.44. The highest BCUT2D eigenvalue weighted by atomic mass is 79.9. The molecule has 0 aromatic carbocycles. The van der Waals surface area contributed by atoms with E-state index in [1.165, 1.54) is 37.3 Å². The Labute approximate surface area is 118 Å². The summed E-state index contributed by atoms with van der Waals surface area (Å²) in [5.74, 6) is 1.22. The van der Waals surface area contributed by atoms with Crippen LogP contribution in [-0.2, 0) is 0 Å². The summed E-state index contributed by atoms with van der Waals surface area (Å²) < 4.78 is 6.22. The van der Waals surface area contributed by atoms with Crippen LogP contribution in [0.3, 0.4) is 0 Å². The SMILES string of the molecule is O=C(NC1CN2CCC1CC2)Oc1csc(Br)c1. The number of halogens is 1. The van der Waals surface area contributed by atoms with E-state index in [1.807, 2.05) is 5.38 Å². The summed E-state index contributed by atoms with van der Waals surface area (Å²) in [7, 11) is 0. The number of nitrogens with one attached hydrogen (secondary N) is 1. The van der Waals surface area contributed by atoms with Crippen LogP contribution in [0.4, 0.5) is 4.79 Å². The predicted molar refractivity (Wildman–Crippen MR) is 74.1 cm³/mol. The number of thiophene rings is 1. The molecule has 18 heavy (non-hydrogen) atoms. The van der Waals surface area contributed by atoms with Crippen LogP contribution in [0.1, 0.15) is 12.8 Å². The Bertz CT molecular complexity index is 443. The van der Waals surface area contributed by atoms with Crippen molar-refractivity contribution >= 4 is 33.4 Å². The first-order chi connectivity index (χ1) is 8.70. The number of hydrogen-bond acceptors (Lipinski definition) is 4. The normalized spacial score (nSPS) is 30.2. The number of nitrogens with zero attached hydrogens (tertiary/aromatic N) is 1. The Morgan fingerprint density at radius 3 is 2.83 bits per heavy atom. The molecule has 3 saturated heterocycles. The first kappa shape index (κ1) is 12.4. The zero-order chi connectivity index (χ0) is 12.5. The van der Waals surface area contributed by atoms with Crippen molar-refractivity contribution in [1.29, 1.82) is 0 Å². The zero-order valence-electron chi connectivity index (χ0n) is 9.89. The van der Waals surface area contributed by atoms with Crippen LogP contribution in [0, 0.1) is 5.92 Å². The quantitative estimate of drug-likeness (QED) is 0.906. The van der Waals surface area contributed by atoms with Gasteiger partial charge in [-0.25, -0.2) is 4.79 Å². The van der Waals surface area contributed by atoms with Gasteiger partial charge in [0, 0.05) is 24.0 Å². The van der Waals surface area contributed by atoms with Crippen LogP contribution in [0.15, 0.2) is 15.2 Å². The summed E-state index contributed by atoms with van der Waals surface area (Å²) in [6, 6.07) is 2.06. The summed E-state index contributed by atoms with van der Waals surface area (Å²) in [5.41, 5.74) is 0. The smallest absolute Gasteiger partial charge is 0.409 e. The third-order valence-electron chi connectivity index (χ3n) is 3.71. The number of piperidine rings is 3. The maximum Gasteiger partial charge on any atom is 0.412 e. The van der Waals surface area contributed by atoms with Gasteiger partial charge in [-0.05, 0) is 47.8 Å². The van der Waals surface area contributed by atoms with Gasteiger partial charge in [0.25, 0.3) is 0 Å². The molecule has 3 fully saturated rings. The Hall–Kier alpha value is -0.590. The number of hydrogen-bond donors (Lipinski definition) is 1. The summed E-state index contributed by atoms with van der Waals surface area (Å²) in [6.07, 6.45) is 2.04. The fourth-order valence-electron chi connectivity index (χ4n) is 2.76. The molecule has 3 aliphatic heterocycles. The molecule has 1 aromatic rings. The van der Waals surface area contributed by atoms with Gasteiger partial charge in [-0.2, -0.15) is 0 Å². The van der Waals surface area contributed by atoms with E-state index in [0.717, 1.165) is 10.3 Å². The van der Waals surface area contributed by atoms with Gasteiger partial charge in [0.1, 0.15) is 5.75 Å². The van der Waals surface area contributed by atoms with E-state index in [9.17, 15) is 4.79 Å². The molecule has 6 heteroatoms. The van der Waals surface area contributed by atoms with Gasteiger partial charge in [0.15, 0.2) is 0 Å². The molecule has 0 saturated carbocycles. The van der Waals surface area contributed by atoms with Crippen LogP contribution in [0.2, 0.25) is 0 Å². The number of ether oxygens (including phenoxy) is 1. The van der Waals surface area contributed by atoms with Crippen LogP contribution in [0.25, 0.3) is 0 Å². The van der Waals surface area contributed by atoms with Crippen molar-refractivity contribution in [2.75, 3.05) is 19.6 Å². The fourth-order valence-corrected chi connectivity index (χ4v) is 3.80. The van der Waals surface area contributed by atoms with Crippen molar-refractivity contribution < 1.29 is 9.53 Å². The van der Waals surface area contributed by atoms with Crippen molar-refractivity contribution in [3.63, 3.8) is 0 Å². The topological polar surface area (TPSA) is 41.6 Å². The lowest BCUT2D eigenvalue weighted by atomic mass is 9.84. The molecule has 4 nitrogen and oxygen atoms in total. The molecule has 1 N–H and O–H groups in total. The monoisotopic (exact) mass is 330 g/mol. The molecule has 2 bridgehead atoms. The number of carbonyl (C=O) groups is 1. The Kier molecular flexibility index (Phi) is 3.59. The van der Waals surface area contributed by atoms with Crippen molar-refractivity contribution in [2.24, 2.45) is 5.92 Å². The number of amides is 1. The Morgan fingerprint density at radius 2 is 2.28 bits per heavy atom. The molecule has 4 rings (SSSR count). The van der Waals surface area contributed by atoms with Crippen LogP contribution >= 0.6 is 27.3 Å². The third-order valence-corrected chi connectivity index (χ3v) is 5.20. The van der Waals surface area contributed by atoms with Crippen LogP contribution < -0.4 is 10.1 Å². The highest BCUT2D eigenvalue weighted by Crippen LogP contribution is 2.28. The summed E-state index contributed by atoms with van der Waals surface area (Å²) >= 11 is 4.86. The minimum Gasteiger partial charge on any atom is -0.409 e. The van der Waals surface area contributed by atoms with Crippen LogP contribution in [-0.4, -0.2) is 36.7 Å². The molecule has 3 aliphatic rings. The van der Waals surface area contributed by atoms with Gasteiger partial charge in [-0.15, -0.1) is 11.3 Å². The van der Waals surface area contributed by atoms with Crippen LogP contribution in [0.5, 0.6) is 5.75 Å². The second kappa shape index (κ2) is 5.19. The van der Waals surface area contributed by atoms with Gasteiger partial charge in [-0.1, -0.05) is 0 Å². The van der Waals surface area contributed by atoms with E-state index < -0.39 is 0 Å². The zero-order valence-corrected chi connectivity index (χ0v) is 12.3. The molecule has 1 unspecified atom stereocenters. The lowest BCUT2D eigenvalue weighted by Crippen LogP contribution is -2.57. The molecule has 1 amide bonds. The minimum absolute atomic E-state index is 0.252. The molecule has 1 aromatic heterocycles. The summed E-state index contributed by atoms with van der Waals surface area (Å²) in [5, 5.41) is 4.81. The molecule has 0 radical (unpaired) electrons. The van der Waals surface area contributed by atoms with Gasteiger partial charge >= 0.3 is 6.09 Å². The van der Waals surface area contributed by atoms with E-state index in [2.05, 4.69) is 26.1 Å². The van der Waals surface area contributed by atoms with Gasteiger partial charge in [0.2, 0.25) is 0 Å². The first-order valence-corrected chi connectivity index (χ1v) is 7.83. The number of fused-ring (bicyclic) bond motifs is 3. The lowest BCUT2D eigenvalue weighted by molar-refractivity contribution is 0.0725. The maximum absolute atomic E-state index is 11.8. The molecule has 4 heterocycles. The standard InChI is InChI=1S/C12H15BrN2O2S/c13-11-5-9(7-18-11)17-12(16)14-10-6-15-3-1-8(10)2-4-15/h5,7-8,10H,1-4,6H2,(H,14,16). The van der Waals surface area contributed by atoms with Gasteiger partial charge in [0.05, 0.1) is 3.79 Å². The van der Waals surface area contributed by atoms with Crippen molar-refractivity contribution in [2.45, 2.75) is 18.9 Å². The van der Waals surface area contributed by atoms with Crippen molar-refractivity contribution in [1.82, 2.24) is 10.2 Å². The van der Waals surface area contributed by atoms with E-state index in [0.29, 0.717) is 11.7 Å². The molecule has 0 aliphatic carbocycles. The maximum atomic E-state index is 11.8.